The van der Waals surface area contributed by atoms with Gasteiger partial charge in [0.2, 0.25) is 0 Å². The van der Waals surface area contributed by atoms with E-state index in [2.05, 4.69) is 22.3 Å². The highest BCUT2D eigenvalue weighted by molar-refractivity contribution is 5.88. The normalized spacial score (nSPS) is 33.7. The highest BCUT2D eigenvalue weighted by atomic mass is 16.2. The SMILES string of the molecule is NC(=O)Nc1ccc2c(c1)C13CCCCC1C(C2)N(CC1CCC1)CC3. The van der Waals surface area contributed by atoms with Crippen LogP contribution in [0.15, 0.2) is 18.2 Å². The Hall–Kier alpha value is -1.55. The van der Waals surface area contributed by atoms with E-state index < -0.39 is 6.03 Å². The minimum absolute atomic E-state index is 0.335. The monoisotopic (exact) mass is 353 g/mol. The smallest absolute Gasteiger partial charge is 0.316 e. The lowest BCUT2D eigenvalue weighted by Gasteiger charge is -2.59. The molecule has 2 bridgehead atoms. The van der Waals surface area contributed by atoms with Crippen LogP contribution >= 0.6 is 0 Å². The minimum Gasteiger partial charge on any atom is -0.351 e. The van der Waals surface area contributed by atoms with E-state index in [9.17, 15) is 4.79 Å². The molecule has 0 aromatic heterocycles. The number of piperidine rings is 1. The molecule has 4 nitrogen and oxygen atoms in total. The maximum atomic E-state index is 11.3. The predicted molar refractivity (Wildman–Crippen MR) is 104 cm³/mol. The van der Waals surface area contributed by atoms with Crippen molar-refractivity contribution in [2.45, 2.75) is 69.2 Å². The summed E-state index contributed by atoms with van der Waals surface area (Å²) in [6.45, 7) is 2.58. The molecule has 4 heteroatoms. The number of hydrogen-bond donors (Lipinski definition) is 2. The van der Waals surface area contributed by atoms with Crippen molar-refractivity contribution in [1.29, 1.82) is 0 Å². The second-order valence-corrected chi connectivity index (χ2v) is 9.18. The van der Waals surface area contributed by atoms with E-state index in [1.54, 1.807) is 0 Å². The molecule has 4 aliphatic rings. The zero-order valence-electron chi connectivity index (χ0n) is 15.7. The number of rotatable bonds is 3. The Kier molecular flexibility index (Phi) is 4.00. The Balaban J connectivity index is 1.51. The van der Waals surface area contributed by atoms with Crippen molar-refractivity contribution in [2.75, 3.05) is 18.4 Å². The number of likely N-dealkylation sites (tertiary alicyclic amines) is 1. The number of carbonyl (C=O) groups is 1. The van der Waals surface area contributed by atoms with Crippen LogP contribution in [0.2, 0.25) is 0 Å². The maximum absolute atomic E-state index is 11.3. The van der Waals surface area contributed by atoms with Crippen LogP contribution in [0.4, 0.5) is 10.5 Å². The summed E-state index contributed by atoms with van der Waals surface area (Å²) in [6.07, 6.45) is 12.2. The number of benzene rings is 1. The molecule has 2 saturated carbocycles. The van der Waals surface area contributed by atoms with Crippen molar-refractivity contribution in [3.8, 4) is 0 Å². The van der Waals surface area contributed by atoms with Gasteiger partial charge in [0.25, 0.3) is 0 Å². The van der Waals surface area contributed by atoms with Crippen LogP contribution in [-0.2, 0) is 11.8 Å². The topological polar surface area (TPSA) is 58.4 Å². The number of nitrogens with two attached hydrogens (primary N) is 1. The van der Waals surface area contributed by atoms with E-state index in [1.807, 2.05) is 6.07 Å². The van der Waals surface area contributed by atoms with Gasteiger partial charge in [0.1, 0.15) is 0 Å². The van der Waals surface area contributed by atoms with Gasteiger partial charge in [0.05, 0.1) is 0 Å². The number of carbonyl (C=O) groups excluding carboxylic acids is 1. The molecule has 5 rings (SSSR count). The van der Waals surface area contributed by atoms with Crippen LogP contribution in [0.25, 0.3) is 0 Å². The molecule has 3 unspecified atom stereocenters. The average molecular weight is 354 g/mol. The summed E-state index contributed by atoms with van der Waals surface area (Å²) < 4.78 is 0. The van der Waals surface area contributed by atoms with E-state index in [-0.39, 0.29) is 0 Å². The third kappa shape index (κ3) is 2.57. The van der Waals surface area contributed by atoms with Crippen LogP contribution in [0, 0.1) is 11.8 Å². The summed E-state index contributed by atoms with van der Waals surface area (Å²) in [5, 5.41) is 2.80. The third-order valence-corrected chi connectivity index (χ3v) is 7.94. The summed E-state index contributed by atoms with van der Waals surface area (Å²) in [5.74, 6) is 1.75. The summed E-state index contributed by atoms with van der Waals surface area (Å²) in [7, 11) is 0. The molecule has 1 aliphatic heterocycles. The van der Waals surface area contributed by atoms with E-state index >= 15 is 0 Å². The van der Waals surface area contributed by atoms with Crippen LogP contribution in [0.5, 0.6) is 0 Å². The van der Waals surface area contributed by atoms with Gasteiger partial charge < -0.3 is 11.1 Å². The molecule has 0 radical (unpaired) electrons. The van der Waals surface area contributed by atoms with Crippen molar-refractivity contribution >= 4 is 11.7 Å². The van der Waals surface area contributed by atoms with Gasteiger partial charge in [-0.1, -0.05) is 25.3 Å². The first-order valence-corrected chi connectivity index (χ1v) is 10.6. The molecule has 1 aromatic carbocycles. The van der Waals surface area contributed by atoms with Crippen molar-refractivity contribution in [2.24, 2.45) is 17.6 Å². The second kappa shape index (κ2) is 6.26. The number of fused-ring (bicyclic) bond motifs is 1. The first-order valence-electron chi connectivity index (χ1n) is 10.6. The Labute approximate surface area is 156 Å². The molecule has 3 aliphatic carbocycles. The molecule has 3 atom stereocenters. The van der Waals surface area contributed by atoms with Gasteiger partial charge >= 0.3 is 6.03 Å². The number of hydrogen-bond acceptors (Lipinski definition) is 2. The average Bonchev–Trinajstić information content (AvgIpc) is 2.59. The maximum Gasteiger partial charge on any atom is 0.316 e. The van der Waals surface area contributed by atoms with E-state index in [0.29, 0.717) is 5.41 Å². The first-order chi connectivity index (χ1) is 12.7. The molecular formula is C22H31N3O. The van der Waals surface area contributed by atoms with E-state index in [0.717, 1.165) is 23.6 Å². The molecule has 2 amide bonds. The zero-order valence-corrected chi connectivity index (χ0v) is 15.7. The Morgan fingerprint density at radius 2 is 2.08 bits per heavy atom. The summed E-state index contributed by atoms with van der Waals surface area (Å²) in [4.78, 5) is 14.2. The van der Waals surface area contributed by atoms with Crippen LogP contribution in [0.1, 0.15) is 62.5 Å². The highest BCUT2D eigenvalue weighted by Crippen LogP contribution is 2.56. The highest BCUT2D eigenvalue weighted by Gasteiger charge is 2.53. The first kappa shape index (κ1) is 16.6. The number of amides is 2. The lowest BCUT2D eigenvalue weighted by atomic mass is 9.52. The largest absolute Gasteiger partial charge is 0.351 e. The Morgan fingerprint density at radius 1 is 1.19 bits per heavy atom. The van der Waals surface area contributed by atoms with Gasteiger partial charge in [0.15, 0.2) is 0 Å². The van der Waals surface area contributed by atoms with E-state index in [4.69, 9.17) is 5.73 Å². The summed E-state index contributed by atoms with van der Waals surface area (Å²) >= 11 is 0. The number of nitrogens with one attached hydrogen (secondary N) is 1. The molecule has 3 N–H and O–H groups in total. The fourth-order valence-electron chi connectivity index (χ4n) is 6.54. The van der Waals surface area contributed by atoms with Gasteiger partial charge in [-0.3, -0.25) is 4.90 Å². The van der Waals surface area contributed by atoms with Gasteiger partial charge in [-0.25, -0.2) is 4.79 Å². The van der Waals surface area contributed by atoms with Crippen LogP contribution < -0.4 is 11.1 Å². The summed E-state index contributed by atoms with van der Waals surface area (Å²) in [5.41, 5.74) is 9.60. The minimum atomic E-state index is -0.466. The molecular weight excluding hydrogens is 322 g/mol. The lowest BCUT2D eigenvalue weighted by Crippen LogP contribution is -2.61. The number of nitrogens with zero attached hydrogens (tertiary/aromatic N) is 1. The fourth-order valence-corrected chi connectivity index (χ4v) is 6.54. The van der Waals surface area contributed by atoms with Gasteiger partial charge in [-0.2, -0.15) is 0 Å². The molecule has 1 saturated heterocycles. The number of anilines is 1. The molecule has 140 valence electrons. The standard InChI is InChI=1S/C22H31N3O/c23-21(26)24-17-8-7-16-12-20-18-6-1-2-9-22(18,19(16)13-17)10-11-25(20)14-15-4-3-5-15/h7-8,13,15,18,20H,1-6,9-12,14H2,(H3,23,24,26). The molecule has 3 fully saturated rings. The Bertz CT molecular complexity index is 713. The lowest BCUT2D eigenvalue weighted by molar-refractivity contribution is -0.0239. The fraction of sp³-hybridized carbons (Fsp3) is 0.682. The Morgan fingerprint density at radius 3 is 2.85 bits per heavy atom. The number of primary amides is 1. The van der Waals surface area contributed by atoms with Crippen molar-refractivity contribution < 1.29 is 4.79 Å². The predicted octanol–water partition coefficient (Wildman–Crippen LogP) is 4.04. The summed E-state index contributed by atoms with van der Waals surface area (Å²) in [6, 6.07) is 6.80. The second-order valence-electron chi connectivity index (χ2n) is 9.18. The van der Waals surface area contributed by atoms with Crippen LogP contribution in [-0.4, -0.2) is 30.1 Å². The van der Waals surface area contributed by atoms with Crippen molar-refractivity contribution in [3.05, 3.63) is 29.3 Å². The van der Waals surface area contributed by atoms with Crippen molar-refractivity contribution in [1.82, 2.24) is 4.90 Å². The molecule has 1 heterocycles. The van der Waals surface area contributed by atoms with Crippen LogP contribution in [0.3, 0.4) is 0 Å². The third-order valence-electron chi connectivity index (χ3n) is 7.94. The quantitative estimate of drug-likeness (QED) is 0.862. The molecule has 1 aromatic rings. The molecule has 0 spiro atoms. The zero-order chi connectivity index (χ0) is 17.7. The molecule has 26 heavy (non-hydrogen) atoms. The van der Waals surface area contributed by atoms with Gasteiger partial charge in [0, 0.05) is 23.7 Å². The number of urea groups is 1. The van der Waals surface area contributed by atoms with Crippen molar-refractivity contribution in [3.63, 3.8) is 0 Å². The van der Waals surface area contributed by atoms with Gasteiger partial charge in [-0.15, -0.1) is 0 Å². The van der Waals surface area contributed by atoms with Gasteiger partial charge in [-0.05, 0) is 80.2 Å². The van der Waals surface area contributed by atoms with E-state index in [1.165, 1.54) is 82.0 Å².